The van der Waals surface area contributed by atoms with Crippen molar-refractivity contribution in [2.75, 3.05) is 11.6 Å². The van der Waals surface area contributed by atoms with Gasteiger partial charge in [-0.25, -0.2) is 0 Å². The van der Waals surface area contributed by atoms with Crippen molar-refractivity contribution in [2.24, 2.45) is 0 Å². The molecule has 0 atom stereocenters. The van der Waals surface area contributed by atoms with Gasteiger partial charge in [-0.2, -0.15) is 0 Å². The topological polar surface area (TPSA) is 29.1 Å². The third-order valence-corrected chi connectivity index (χ3v) is 4.90. The van der Waals surface area contributed by atoms with Crippen molar-refractivity contribution in [2.45, 2.75) is 4.90 Å². The van der Waals surface area contributed by atoms with E-state index in [0.29, 0.717) is 4.88 Å². The predicted octanol–water partition coefficient (Wildman–Crippen LogP) is 5.19. The molecule has 0 aliphatic carbocycles. The molecule has 1 aromatic heterocycles. The number of nitrogens with one attached hydrogen (secondary N) is 1. The summed E-state index contributed by atoms with van der Waals surface area (Å²) >= 11 is 3.18. The summed E-state index contributed by atoms with van der Waals surface area (Å²) in [6, 6.07) is 20.4. The number of carbonyl (C=O) groups excluding carboxylic acids is 1. The van der Waals surface area contributed by atoms with Crippen molar-refractivity contribution in [1.82, 2.24) is 0 Å². The lowest BCUT2D eigenvalue weighted by molar-refractivity contribution is 0.103. The van der Waals surface area contributed by atoms with Crippen LogP contribution in [-0.2, 0) is 0 Å². The summed E-state index contributed by atoms with van der Waals surface area (Å²) < 4.78 is 0. The summed E-state index contributed by atoms with van der Waals surface area (Å²) in [6.07, 6.45) is 2.06. The Morgan fingerprint density at radius 3 is 2.50 bits per heavy atom. The lowest BCUT2D eigenvalue weighted by Crippen LogP contribution is -2.09. The average Bonchev–Trinajstić information content (AvgIpc) is 3.06. The van der Waals surface area contributed by atoms with E-state index in [4.69, 9.17) is 0 Å². The molecular weight excluding hydrogens is 310 g/mol. The zero-order valence-electron chi connectivity index (χ0n) is 12.0. The molecule has 0 aliphatic heterocycles. The van der Waals surface area contributed by atoms with E-state index in [9.17, 15) is 4.79 Å². The van der Waals surface area contributed by atoms with Gasteiger partial charge in [0.05, 0.1) is 4.88 Å². The Hall–Kier alpha value is -2.04. The summed E-state index contributed by atoms with van der Waals surface area (Å²) in [6.45, 7) is 0. The predicted molar refractivity (Wildman–Crippen MR) is 94.8 cm³/mol. The van der Waals surface area contributed by atoms with E-state index in [0.717, 1.165) is 16.8 Å². The molecule has 1 amide bonds. The molecule has 3 rings (SSSR count). The normalized spacial score (nSPS) is 10.4. The Morgan fingerprint density at radius 2 is 1.82 bits per heavy atom. The van der Waals surface area contributed by atoms with Crippen LogP contribution in [0, 0.1) is 6.07 Å². The van der Waals surface area contributed by atoms with Crippen molar-refractivity contribution < 1.29 is 4.79 Å². The minimum Gasteiger partial charge on any atom is -0.321 e. The first-order valence-corrected chi connectivity index (χ1v) is 8.87. The summed E-state index contributed by atoms with van der Waals surface area (Å²) in [7, 11) is 0. The molecule has 0 saturated carbocycles. The maximum Gasteiger partial charge on any atom is 0.265 e. The Balaban J connectivity index is 1.76. The van der Waals surface area contributed by atoms with Crippen LogP contribution in [0.3, 0.4) is 0 Å². The van der Waals surface area contributed by atoms with Crippen LogP contribution in [0.25, 0.3) is 11.1 Å². The highest BCUT2D eigenvalue weighted by molar-refractivity contribution is 7.98. The number of carbonyl (C=O) groups is 1. The fourth-order valence-electron chi connectivity index (χ4n) is 2.05. The van der Waals surface area contributed by atoms with E-state index in [1.54, 1.807) is 23.9 Å². The molecule has 1 heterocycles. The van der Waals surface area contributed by atoms with Crippen molar-refractivity contribution in [3.05, 3.63) is 70.9 Å². The van der Waals surface area contributed by atoms with Crippen LogP contribution in [0.1, 0.15) is 9.67 Å². The first kappa shape index (κ1) is 14.9. The maximum atomic E-state index is 12.2. The molecule has 0 fully saturated rings. The zero-order valence-corrected chi connectivity index (χ0v) is 13.6. The number of thioether (sulfide) groups is 1. The van der Waals surface area contributed by atoms with Gasteiger partial charge in [-0.15, -0.1) is 23.1 Å². The summed E-state index contributed by atoms with van der Waals surface area (Å²) in [5.41, 5.74) is 2.98. The number of hydrogen-bond donors (Lipinski definition) is 1. The van der Waals surface area contributed by atoms with Gasteiger partial charge in [-0.05, 0) is 59.2 Å². The van der Waals surface area contributed by atoms with Gasteiger partial charge in [-0.3, -0.25) is 4.79 Å². The third-order valence-electron chi connectivity index (χ3n) is 3.22. The van der Waals surface area contributed by atoms with Crippen LogP contribution < -0.4 is 5.32 Å². The lowest BCUT2D eigenvalue weighted by atomic mass is 10.1. The molecule has 2 aromatic carbocycles. The molecule has 0 bridgehead atoms. The Labute approximate surface area is 138 Å². The van der Waals surface area contributed by atoms with Crippen LogP contribution in [0.2, 0.25) is 0 Å². The number of hydrogen-bond acceptors (Lipinski definition) is 3. The summed E-state index contributed by atoms with van der Waals surface area (Å²) in [4.78, 5) is 14.2. The van der Waals surface area contributed by atoms with Crippen LogP contribution in [0.5, 0.6) is 0 Å². The van der Waals surface area contributed by atoms with E-state index in [2.05, 4.69) is 41.9 Å². The SMILES string of the molecule is CSc1ccc(-c2csc(C(=O)Nc3cc[c]cc3)c2)cc1. The summed E-state index contributed by atoms with van der Waals surface area (Å²) in [5.74, 6) is -0.0804. The standard InChI is InChI=1S/C18H14NOS2/c1-21-16-9-7-13(8-10-16)14-11-17(22-12-14)18(20)19-15-5-3-2-4-6-15/h3-12H,1H3,(H,19,20). The third kappa shape index (κ3) is 3.40. The maximum absolute atomic E-state index is 12.2. The molecule has 1 radical (unpaired) electrons. The van der Waals surface area contributed by atoms with Gasteiger partial charge in [-0.1, -0.05) is 24.3 Å². The molecule has 109 valence electrons. The number of amides is 1. The van der Waals surface area contributed by atoms with Crippen LogP contribution >= 0.6 is 23.1 Å². The molecule has 0 saturated heterocycles. The molecule has 4 heteroatoms. The minimum absolute atomic E-state index is 0.0804. The molecule has 2 nitrogen and oxygen atoms in total. The molecule has 0 spiro atoms. The molecule has 1 N–H and O–H groups in total. The Kier molecular flexibility index (Phi) is 4.61. The lowest BCUT2D eigenvalue weighted by Gasteiger charge is -2.02. The highest BCUT2D eigenvalue weighted by atomic mass is 32.2. The van der Waals surface area contributed by atoms with E-state index < -0.39 is 0 Å². The van der Waals surface area contributed by atoms with E-state index in [-0.39, 0.29) is 5.91 Å². The van der Waals surface area contributed by atoms with Crippen LogP contribution in [0.15, 0.2) is 64.9 Å². The molecule has 22 heavy (non-hydrogen) atoms. The fourth-order valence-corrected chi connectivity index (χ4v) is 3.27. The second kappa shape index (κ2) is 6.81. The first-order valence-electron chi connectivity index (χ1n) is 6.77. The smallest absolute Gasteiger partial charge is 0.265 e. The number of anilines is 1. The zero-order chi connectivity index (χ0) is 15.4. The molecular formula is C18H14NOS2. The van der Waals surface area contributed by atoms with Crippen molar-refractivity contribution in [3.63, 3.8) is 0 Å². The Morgan fingerprint density at radius 1 is 1.09 bits per heavy atom. The molecule has 0 unspecified atom stereocenters. The monoisotopic (exact) mass is 324 g/mol. The van der Waals surface area contributed by atoms with Crippen molar-refractivity contribution >= 4 is 34.7 Å². The summed E-state index contributed by atoms with van der Waals surface area (Å²) in [5, 5.41) is 4.91. The average molecular weight is 324 g/mol. The Bertz CT molecular complexity index is 763. The van der Waals surface area contributed by atoms with Crippen LogP contribution in [-0.4, -0.2) is 12.2 Å². The van der Waals surface area contributed by atoms with E-state index >= 15 is 0 Å². The number of thiophene rings is 1. The number of benzene rings is 2. The van der Waals surface area contributed by atoms with Crippen molar-refractivity contribution in [3.8, 4) is 11.1 Å². The van der Waals surface area contributed by atoms with Gasteiger partial charge in [0.25, 0.3) is 5.91 Å². The second-order valence-electron chi connectivity index (χ2n) is 4.67. The molecule has 3 aromatic rings. The minimum atomic E-state index is -0.0804. The van der Waals surface area contributed by atoms with Gasteiger partial charge < -0.3 is 5.32 Å². The highest BCUT2D eigenvalue weighted by Gasteiger charge is 2.10. The highest BCUT2D eigenvalue weighted by Crippen LogP contribution is 2.28. The van der Waals surface area contributed by atoms with Gasteiger partial charge in [0, 0.05) is 10.6 Å². The van der Waals surface area contributed by atoms with Crippen molar-refractivity contribution in [1.29, 1.82) is 0 Å². The van der Waals surface area contributed by atoms with E-state index in [1.165, 1.54) is 16.2 Å². The first-order chi connectivity index (χ1) is 10.8. The molecule has 0 aliphatic rings. The fraction of sp³-hybridized carbons (Fsp3) is 0.0556. The quantitative estimate of drug-likeness (QED) is 0.669. The number of rotatable bonds is 4. The van der Waals surface area contributed by atoms with Crippen LogP contribution in [0.4, 0.5) is 5.69 Å². The largest absolute Gasteiger partial charge is 0.321 e. The van der Waals surface area contributed by atoms with Gasteiger partial charge >= 0.3 is 0 Å². The van der Waals surface area contributed by atoms with Gasteiger partial charge in [0.1, 0.15) is 0 Å². The van der Waals surface area contributed by atoms with Gasteiger partial charge in [0.15, 0.2) is 0 Å². The van der Waals surface area contributed by atoms with Gasteiger partial charge in [0.2, 0.25) is 0 Å². The van der Waals surface area contributed by atoms with E-state index in [1.807, 2.05) is 23.6 Å². The second-order valence-corrected chi connectivity index (χ2v) is 6.46.